The Kier molecular flexibility index (Phi) is 3.56. The van der Waals surface area contributed by atoms with Crippen molar-refractivity contribution in [2.24, 2.45) is 0 Å². The van der Waals surface area contributed by atoms with Gasteiger partial charge < -0.3 is 15.0 Å². The lowest BCUT2D eigenvalue weighted by Gasteiger charge is -2.36. The summed E-state index contributed by atoms with van der Waals surface area (Å²) >= 11 is 6.04. The molecule has 0 amide bonds. The van der Waals surface area contributed by atoms with Gasteiger partial charge >= 0.3 is 0 Å². The fraction of sp³-hybridized carbons (Fsp3) is 0.500. The molecule has 4 heteroatoms. The number of anilines is 1. The van der Waals surface area contributed by atoms with E-state index in [0.717, 1.165) is 36.1 Å². The minimum Gasteiger partial charge on any atom is -0.495 e. The van der Waals surface area contributed by atoms with Crippen molar-refractivity contribution in [2.45, 2.75) is 13.0 Å². The van der Waals surface area contributed by atoms with Crippen molar-refractivity contribution < 1.29 is 4.74 Å². The Labute approximate surface area is 101 Å². The van der Waals surface area contributed by atoms with Gasteiger partial charge in [0.1, 0.15) is 5.75 Å². The average molecular weight is 241 g/mol. The highest BCUT2D eigenvalue weighted by Crippen LogP contribution is 2.32. The molecule has 1 saturated heterocycles. The molecule has 1 atom stereocenters. The quantitative estimate of drug-likeness (QED) is 0.857. The zero-order chi connectivity index (χ0) is 11.5. The van der Waals surface area contributed by atoms with Gasteiger partial charge in [-0.1, -0.05) is 11.6 Å². The standard InChI is InChI=1S/C12H17ClN2O/c1-9-8-14-5-6-15(9)11-7-10(13)3-4-12(11)16-2/h3-4,7,9,14H,5-6,8H2,1-2H3/t9-/m0/s1. The maximum absolute atomic E-state index is 6.04. The minimum absolute atomic E-state index is 0.459. The first-order valence-corrected chi connectivity index (χ1v) is 5.91. The molecular weight excluding hydrogens is 224 g/mol. The summed E-state index contributed by atoms with van der Waals surface area (Å²) in [5.74, 6) is 0.887. The van der Waals surface area contributed by atoms with Gasteiger partial charge in [0.15, 0.2) is 0 Å². The van der Waals surface area contributed by atoms with Crippen LogP contribution in [-0.2, 0) is 0 Å². The van der Waals surface area contributed by atoms with Crippen LogP contribution in [0.3, 0.4) is 0 Å². The van der Waals surface area contributed by atoms with Crippen molar-refractivity contribution in [2.75, 3.05) is 31.6 Å². The highest BCUT2D eigenvalue weighted by atomic mass is 35.5. The van der Waals surface area contributed by atoms with Crippen molar-refractivity contribution in [3.05, 3.63) is 23.2 Å². The number of halogens is 1. The molecule has 1 aliphatic heterocycles. The molecule has 1 aromatic carbocycles. The number of rotatable bonds is 2. The maximum atomic E-state index is 6.04. The van der Waals surface area contributed by atoms with Gasteiger partial charge in [-0.3, -0.25) is 0 Å². The van der Waals surface area contributed by atoms with Crippen LogP contribution in [0, 0.1) is 0 Å². The lowest BCUT2D eigenvalue weighted by Crippen LogP contribution is -2.50. The SMILES string of the molecule is COc1ccc(Cl)cc1N1CCNC[C@@H]1C. The van der Waals surface area contributed by atoms with Gasteiger partial charge in [-0.25, -0.2) is 0 Å². The highest BCUT2D eigenvalue weighted by molar-refractivity contribution is 6.30. The van der Waals surface area contributed by atoms with Gasteiger partial charge in [0.2, 0.25) is 0 Å². The number of hydrogen-bond donors (Lipinski definition) is 1. The summed E-state index contributed by atoms with van der Waals surface area (Å²) in [6, 6.07) is 6.21. The van der Waals surface area contributed by atoms with Crippen LogP contribution in [0.1, 0.15) is 6.92 Å². The summed E-state index contributed by atoms with van der Waals surface area (Å²) < 4.78 is 5.38. The molecule has 1 heterocycles. The zero-order valence-electron chi connectivity index (χ0n) is 9.66. The van der Waals surface area contributed by atoms with Gasteiger partial charge in [0.25, 0.3) is 0 Å². The Morgan fingerprint density at radius 1 is 1.50 bits per heavy atom. The summed E-state index contributed by atoms with van der Waals surface area (Å²) in [5.41, 5.74) is 1.09. The van der Waals surface area contributed by atoms with Gasteiger partial charge in [-0.05, 0) is 25.1 Å². The number of piperazine rings is 1. The Bertz CT molecular complexity index is 370. The second-order valence-electron chi connectivity index (χ2n) is 4.06. The van der Waals surface area contributed by atoms with E-state index in [0.29, 0.717) is 6.04 Å². The van der Waals surface area contributed by atoms with Crippen LogP contribution < -0.4 is 15.0 Å². The fourth-order valence-corrected chi connectivity index (χ4v) is 2.25. The van der Waals surface area contributed by atoms with E-state index < -0.39 is 0 Å². The first-order chi connectivity index (χ1) is 7.72. The topological polar surface area (TPSA) is 24.5 Å². The number of nitrogens with zero attached hydrogens (tertiary/aromatic N) is 1. The summed E-state index contributed by atoms with van der Waals surface area (Å²) in [5, 5.41) is 4.12. The second-order valence-corrected chi connectivity index (χ2v) is 4.50. The first-order valence-electron chi connectivity index (χ1n) is 5.53. The number of benzene rings is 1. The monoisotopic (exact) mass is 240 g/mol. The maximum Gasteiger partial charge on any atom is 0.142 e. The number of ether oxygens (including phenoxy) is 1. The van der Waals surface area contributed by atoms with Gasteiger partial charge in [-0.15, -0.1) is 0 Å². The lowest BCUT2D eigenvalue weighted by molar-refractivity contribution is 0.409. The predicted octanol–water partition coefficient (Wildman–Crippen LogP) is 2.15. The third-order valence-corrected chi connectivity index (χ3v) is 3.19. The van der Waals surface area contributed by atoms with Gasteiger partial charge in [0, 0.05) is 30.7 Å². The van der Waals surface area contributed by atoms with Crippen LogP contribution in [0.25, 0.3) is 0 Å². The summed E-state index contributed by atoms with van der Waals surface area (Å²) in [6.45, 7) is 5.18. The number of hydrogen-bond acceptors (Lipinski definition) is 3. The third-order valence-electron chi connectivity index (χ3n) is 2.95. The second kappa shape index (κ2) is 4.93. The molecule has 0 bridgehead atoms. The fourth-order valence-electron chi connectivity index (χ4n) is 2.09. The average Bonchev–Trinajstić information content (AvgIpc) is 2.29. The molecule has 1 aliphatic rings. The summed E-state index contributed by atoms with van der Waals surface area (Å²) in [6.07, 6.45) is 0. The summed E-state index contributed by atoms with van der Waals surface area (Å²) in [7, 11) is 1.69. The number of nitrogens with one attached hydrogen (secondary N) is 1. The van der Waals surface area contributed by atoms with E-state index >= 15 is 0 Å². The van der Waals surface area contributed by atoms with Crippen LogP contribution in [0.2, 0.25) is 5.02 Å². The molecule has 0 aromatic heterocycles. The van der Waals surface area contributed by atoms with E-state index in [4.69, 9.17) is 16.3 Å². The largest absolute Gasteiger partial charge is 0.495 e. The molecule has 88 valence electrons. The smallest absolute Gasteiger partial charge is 0.142 e. The Morgan fingerprint density at radius 3 is 3.00 bits per heavy atom. The van der Waals surface area contributed by atoms with Crippen LogP contribution in [0.4, 0.5) is 5.69 Å². The van der Waals surface area contributed by atoms with Crippen molar-refractivity contribution in [1.82, 2.24) is 5.32 Å². The zero-order valence-corrected chi connectivity index (χ0v) is 10.4. The molecule has 0 unspecified atom stereocenters. The van der Waals surface area contributed by atoms with E-state index in [2.05, 4.69) is 17.1 Å². The molecule has 1 N–H and O–H groups in total. The Morgan fingerprint density at radius 2 is 2.31 bits per heavy atom. The normalized spacial score (nSPS) is 20.9. The van der Waals surface area contributed by atoms with Crippen LogP contribution in [-0.4, -0.2) is 32.8 Å². The van der Waals surface area contributed by atoms with E-state index in [-0.39, 0.29) is 0 Å². The number of methoxy groups -OCH3 is 1. The van der Waals surface area contributed by atoms with Crippen molar-refractivity contribution in [1.29, 1.82) is 0 Å². The molecular formula is C12H17ClN2O. The minimum atomic E-state index is 0.459. The van der Waals surface area contributed by atoms with Crippen molar-refractivity contribution in [3.63, 3.8) is 0 Å². The molecule has 2 rings (SSSR count). The Balaban J connectivity index is 2.33. The molecule has 1 aromatic rings. The highest BCUT2D eigenvalue weighted by Gasteiger charge is 2.21. The van der Waals surface area contributed by atoms with Crippen molar-refractivity contribution >= 4 is 17.3 Å². The third kappa shape index (κ3) is 2.25. The Hall–Kier alpha value is -0.930. The molecule has 16 heavy (non-hydrogen) atoms. The van der Waals surface area contributed by atoms with E-state index in [1.807, 2.05) is 18.2 Å². The molecule has 0 saturated carbocycles. The van der Waals surface area contributed by atoms with Crippen LogP contribution in [0.15, 0.2) is 18.2 Å². The van der Waals surface area contributed by atoms with E-state index in [1.54, 1.807) is 7.11 Å². The van der Waals surface area contributed by atoms with Crippen LogP contribution >= 0.6 is 11.6 Å². The predicted molar refractivity (Wildman–Crippen MR) is 67.7 cm³/mol. The molecule has 0 spiro atoms. The van der Waals surface area contributed by atoms with Gasteiger partial charge in [0.05, 0.1) is 12.8 Å². The molecule has 1 fully saturated rings. The lowest BCUT2D eigenvalue weighted by atomic mass is 10.1. The van der Waals surface area contributed by atoms with Crippen LogP contribution in [0.5, 0.6) is 5.75 Å². The van der Waals surface area contributed by atoms with Gasteiger partial charge in [-0.2, -0.15) is 0 Å². The van der Waals surface area contributed by atoms with Crippen molar-refractivity contribution in [3.8, 4) is 5.75 Å². The van der Waals surface area contributed by atoms with E-state index in [1.165, 1.54) is 0 Å². The molecule has 0 radical (unpaired) electrons. The molecule has 0 aliphatic carbocycles. The summed E-state index contributed by atoms with van der Waals surface area (Å²) in [4.78, 5) is 2.33. The molecule has 3 nitrogen and oxygen atoms in total. The first kappa shape index (κ1) is 11.6. The van der Waals surface area contributed by atoms with E-state index in [9.17, 15) is 0 Å².